The first-order chi connectivity index (χ1) is 14.5. The lowest BCUT2D eigenvalue weighted by Crippen LogP contribution is -2.30. The Morgan fingerprint density at radius 1 is 1.32 bits per heavy atom. The molecule has 0 saturated heterocycles. The molecule has 0 saturated carbocycles. The number of benzene rings is 1. The monoisotopic (exact) mass is 447 g/mol. The van der Waals surface area contributed by atoms with Crippen LogP contribution in [0.15, 0.2) is 29.1 Å². The number of nitrogens with one attached hydrogen (secondary N) is 1. The number of rotatable bonds is 7. The topological polar surface area (TPSA) is 96.7 Å². The van der Waals surface area contributed by atoms with E-state index < -0.39 is 17.5 Å². The van der Waals surface area contributed by atoms with E-state index in [1.54, 1.807) is 39.0 Å². The molecule has 31 heavy (non-hydrogen) atoms. The highest BCUT2D eigenvalue weighted by Gasteiger charge is 2.19. The zero-order valence-electron chi connectivity index (χ0n) is 17.4. The standard InChI is InChI=1S/C21H23ClFN5O3/c1-12(29)11-28-16-6-5-13(25-19-14(23)10-15(24-4)18(22)26-19)9-17(16)27(20(28)30)8-7-21(2,3)31/h5-6,9-10,12,29,31H,7-8,11H2,1-3H3,(H,25,26)/t12-/m1/s1. The van der Waals surface area contributed by atoms with Crippen LogP contribution in [0.4, 0.5) is 21.6 Å². The molecule has 1 aromatic carbocycles. The lowest BCUT2D eigenvalue weighted by molar-refractivity contribution is 0.0661. The van der Waals surface area contributed by atoms with Crippen molar-refractivity contribution >= 4 is 39.8 Å². The van der Waals surface area contributed by atoms with Crippen molar-refractivity contribution in [3.63, 3.8) is 0 Å². The third-order valence-corrected chi connectivity index (χ3v) is 4.99. The fourth-order valence-corrected chi connectivity index (χ4v) is 3.38. The zero-order valence-corrected chi connectivity index (χ0v) is 18.1. The van der Waals surface area contributed by atoms with Gasteiger partial charge in [0.25, 0.3) is 0 Å². The van der Waals surface area contributed by atoms with Crippen molar-refractivity contribution in [3.8, 4) is 0 Å². The van der Waals surface area contributed by atoms with Crippen molar-refractivity contribution in [1.29, 1.82) is 0 Å². The van der Waals surface area contributed by atoms with E-state index in [0.717, 1.165) is 6.07 Å². The Morgan fingerprint density at radius 3 is 2.65 bits per heavy atom. The second-order valence-corrected chi connectivity index (χ2v) is 8.38. The maximum absolute atomic E-state index is 14.3. The van der Waals surface area contributed by atoms with Crippen LogP contribution in [0.2, 0.25) is 5.15 Å². The molecule has 164 valence electrons. The van der Waals surface area contributed by atoms with Gasteiger partial charge < -0.3 is 15.5 Å². The van der Waals surface area contributed by atoms with Gasteiger partial charge in [-0.15, -0.1) is 0 Å². The number of fused-ring (bicyclic) bond motifs is 1. The number of imidazole rings is 1. The minimum absolute atomic E-state index is 0.0872. The zero-order chi connectivity index (χ0) is 22.9. The van der Waals surface area contributed by atoms with Crippen molar-refractivity contribution in [2.45, 2.75) is 52.0 Å². The summed E-state index contributed by atoms with van der Waals surface area (Å²) in [5.41, 5.74) is 0.243. The summed E-state index contributed by atoms with van der Waals surface area (Å²) < 4.78 is 17.3. The molecule has 0 spiro atoms. The van der Waals surface area contributed by atoms with Crippen LogP contribution in [-0.4, -0.2) is 36.0 Å². The molecule has 2 aromatic heterocycles. The van der Waals surface area contributed by atoms with Crippen LogP contribution >= 0.6 is 11.6 Å². The number of hydrogen-bond acceptors (Lipinski definition) is 5. The number of hydrogen-bond donors (Lipinski definition) is 3. The van der Waals surface area contributed by atoms with E-state index in [9.17, 15) is 19.4 Å². The summed E-state index contributed by atoms with van der Waals surface area (Å²) in [6.45, 7) is 12.3. The summed E-state index contributed by atoms with van der Waals surface area (Å²) >= 11 is 5.92. The summed E-state index contributed by atoms with van der Waals surface area (Å²) in [5.74, 6) is -0.882. The highest BCUT2D eigenvalue weighted by molar-refractivity contribution is 6.32. The average Bonchev–Trinajstić information content (AvgIpc) is 2.92. The molecule has 10 heteroatoms. The van der Waals surface area contributed by atoms with Gasteiger partial charge in [0.2, 0.25) is 5.69 Å². The van der Waals surface area contributed by atoms with Crippen LogP contribution in [0.25, 0.3) is 15.9 Å². The molecule has 0 aliphatic carbocycles. The molecule has 0 radical (unpaired) electrons. The average molecular weight is 448 g/mol. The minimum Gasteiger partial charge on any atom is -0.392 e. The maximum Gasteiger partial charge on any atom is 0.329 e. The number of pyridine rings is 1. The van der Waals surface area contributed by atoms with Gasteiger partial charge in [-0.1, -0.05) is 11.6 Å². The van der Waals surface area contributed by atoms with Crippen molar-refractivity contribution in [2.75, 3.05) is 5.32 Å². The summed E-state index contributed by atoms with van der Waals surface area (Å²) in [4.78, 5) is 20.0. The van der Waals surface area contributed by atoms with E-state index in [1.807, 2.05) is 0 Å². The van der Waals surface area contributed by atoms with Gasteiger partial charge in [-0.2, -0.15) is 0 Å². The van der Waals surface area contributed by atoms with Crippen LogP contribution in [-0.2, 0) is 13.1 Å². The van der Waals surface area contributed by atoms with E-state index >= 15 is 0 Å². The van der Waals surface area contributed by atoms with Gasteiger partial charge in [-0.25, -0.2) is 19.0 Å². The first-order valence-corrected chi connectivity index (χ1v) is 10.0. The van der Waals surface area contributed by atoms with Gasteiger partial charge in [0.15, 0.2) is 11.6 Å². The number of aromatic nitrogens is 3. The molecule has 0 fully saturated rings. The Morgan fingerprint density at radius 2 is 2.03 bits per heavy atom. The Kier molecular flexibility index (Phi) is 6.36. The van der Waals surface area contributed by atoms with Gasteiger partial charge in [0.1, 0.15) is 5.15 Å². The van der Waals surface area contributed by atoms with Crippen LogP contribution in [0.1, 0.15) is 27.2 Å². The molecule has 0 aliphatic heterocycles. The van der Waals surface area contributed by atoms with Gasteiger partial charge in [-0.3, -0.25) is 9.13 Å². The Hall–Kier alpha value is -2.93. The highest BCUT2D eigenvalue weighted by atomic mass is 35.5. The van der Waals surface area contributed by atoms with E-state index in [1.165, 1.54) is 9.13 Å². The van der Waals surface area contributed by atoms with Crippen molar-refractivity contribution in [1.82, 2.24) is 14.1 Å². The summed E-state index contributed by atoms with van der Waals surface area (Å²) in [7, 11) is 0. The molecule has 3 N–H and O–H groups in total. The SMILES string of the molecule is [C-]#[N+]c1cc(F)c(Nc2ccc3c(c2)n(CCC(C)(C)O)c(=O)n3C[C@@H](C)O)nc1Cl. The molecule has 3 aromatic rings. The van der Waals surface area contributed by atoms with Crippen LogP contribution in [0.3, 0.4) is 0 Å². The van der Waals surface area contributed by atoms with Crippen molar-refractivity contribution in [2.24, 2.45) is 0 Å². The Labute approximate surface area is 183 Å². The van der Waals surface area contributed by atoms with Gasteiger partial charge >= 0.3 is 5.69 Å². The molecule has 0 bridgehead atoms. The van der Waals surface area contributed by atoms with Crippen LogP contribution in [0, 0.1) is 12.4 Å². The van der Waals surface area contributed by atoms with Crippen LogP contribution in [0.5, 0.6) is 0 Å². The minimum atomic E-state index is -0.970. The number of aliphatic hydroxyl groups excluding tert-OH is 1. The number of nitrogens with zero attached hydrogens (tertiary/aromatic N) is 4. The Balaban J connectivity index is 2.07. The predicted molar refractivity (Wildman–Crippen MR) is 118 cm³/mol. The van der Waals surface area contributed by atoms with E-state index in [4.69, 9.17) is 18.2 Å². The third kappa shape index (κ3) is 5.05. The summed E-state index contributed by atoms with van der Waals surface area (Å²) in [6.07, 6.45) is -0.396. The molecule has 2 heterocycles. The maximum atomic E-state index is 14.3. The molecule has 0 aliphatic rings. The molecule has 0 amide bonds. The second kappa shape index (κ2) is 8.67. The molecular weight excluding hydrogens is 425 g/mol. The lowest BCUT2D eigenvalue weighted by atomic mass is 10.1. The predicted octanol–water partition coefficient (Wildman–Crippen LogP) is 3.83. The summed E-state index contributed by atoms with van der Waals surface area (Å²) in [6, 6.07) is 6.01. The number of aliphatic hydroxyl groups is 2. The third-order valence-electron chi connectivity index (χ3n) is 4.71. The van der Waals surface area contributed by atoms with E-state index in [2.05, 4.69) is 15.1 Å². The quantitative estimate of drug-likeness (QED) is 0.378. The molecule has 3 rings (SSSR count). The molecule has 8 nitrogen and oxygen atoms in total. The number of aryl methyl sites for hydroxylation is 1. The summed E-state index contributed by atoms with van der Waals surface area (Å²) in [5, 5.41) is 22.6. The normalized spacial score (nSPS) is 12.7. The van der Waals surface area contributed by atoms with Crippen LogP contribution < -0.4 is 11.0 Å². The van der Waals surface area contributed by atoms with Crippen molar-refractivity contribution < 1.29 is 14.6 Å². The molecular formula is C21H23ClFN5O3. The van der Waals surface area contributed by atoms with Gasteiger partial charge in [0.05, 0.1) is 35.9 Å². The molecule has 1 atom stereocenters. The Bertz CT molecular complexity index is 1220. The largest absolute Gasteiger partial charge is 0.392 e. The molecule has 0 unspecified atom stereocenters. The number of anilines is 2. The fourth-order valence-electron chi connectivity index (χ4n) is 3.20. The van der Waals surface area contributed by atoms with E-state index in [0.29, 0.717) is 23.1 Å². The lowest BCUT2D eigenvalue weighted by Gasteiger charge is -2.17. The first kappa shape index (κ1) is 22.7. The highest BCUT2D eigenvalue weighted by Crippen LogP contribution is 2.29. The first-order valence-electron chi connectivity index (χ1n) is 9.64. The smallest absolute Gasteiger partial charge is 0.329 e. The number of halogens is 2. The van der Waals surface area contributed by atoms with Gasteiger partial charge in [-0.05, 0) is 51.5 Å². The fraction of sp³-hybridized carbons (Fsp3) is 0.381. The van der Waals surface area contributed by atoms with Crippen molar-refractivity contribution in [3.05, 3.63) is 57.1 Å². The van der Waals surface area contributed by atoms with E-state index in [-0.39, 0.29) is 35.4 Å². The second-order valence-electron chi connectivity index (χ2n) is 8.03. The van der Waals surface area contributed by atoms with Gasteiger partial charge in [0, 0.05) is 12.2 Å².